The SMILES string of the molecule is COc1ccc(C(=O)NNC(=O)c2ccc(OCCc3ccccc3)c(Br)c2)cc1I. The van der Waals surface area contributed by atoms with Crippen molar-refractivity contribution in [3.63, 3.8) is 0 Å². The molecule has 0 aliphatic heterocycles. The van der Waals surface area contributed by atoms with Crippen LogP contribution in [0.3, 0.4) is 0 Å². The van der Waals surface area contributed by atoms with E-state index in [1.165, 1.54) is 5.56 Å². The predicted octanol–water partition coefficient (Wildman–Crippen LogP) is 4.76. The lowest BCUT2D eigenvalue weighted by Crippen LogP contribution is -2.41. The third-order valence-corrected chi connectivity index (χ3v) is 5.85. The van der Waals surface area contributed by atoms with Crippen molar-refractivity contribution in [2.24, 2.45) is 0 Å². The summed E-state index contributed by atoms with van der Waals surface area (Å²) in [5, 5.41) is 0. The Balaban J connectivity index is 1.53. The van der Waals surface area contributed by atoms with Gasteiger partial charge in [0.1, 0.15) is 11.5 Å². The van der Waals surface area contributed by atoms with Crippen molar-refractivity contribution in [2.45, 2.75) is 6.42 Å². The third kappa shape index (κ3) is 6.44. The van der Waals surface area contributed by atoms with Crippen LogP contribution in [0.15, 0.2) is 71.2 Å². The Morgan fingerprint density at radius 1 is 0.903 bits per heavy atom. The van der Waals surface area contributed by atoms with Gasteiger partial charge in [0.25, 0.3) is 11.8 Å². The molecule has 0 bridgehead atoms. The smallest absolute Gasteiger partial charge is 0.269 e. The Hall–Kier alpha value is -2.59. The van der Waals surface area contributed by atoms with Gasteiger partial charge in [-0.1, -0.05) is 30.3 Å². The highest BCUT2D eigenvalue weighted by Gasteiger charge is 2.13. The number of halogens is 2. The Morgan fingerprint density at radius 3 is 2.10 bits per heavy atom. The lowest BCUT2D eigenvalue weighted by atomic mass is 10.2. The number of rotatable bonds is 7. The fraction of sp³-hybridized carbons (Fsp3) is 0.130. The van der Waals surface area contributed by atoms with Gasteiger partial charge in [0.15, 0.2) is 0 Å². The molecule has 3 rings (SSSR count). The van der Waals surface area contributed by atoms with E-state index in [2.05, 4.69) is 49.4 Å². The number of carbonyl (C=O) groups is 2. The number of hydrogen-bond acceptors (Lipinski definition) is 4. The standard InChI is InChI=1S/C23H20BrIN2O4/c1-30-21-10-8-17(14-19(21)25)23(29)27-26-22(28)16-7-9-20(18(24)13-16)31-12-11-15-5-3-2-4-6-15/h2-10,13-14H,11-12H2,1H3,(H,26,28)(H,27,29). The van der Waals surface area contributed by atoms with Crippen molar-refractivity contribution in [1.29, 1.82) is 0 Å². The molecule has 2 amide bonds. The van der Waals surface area contributed by atoms with Gasteiger partial charge in [0.2, 0.25) is 0 Å². The van der Waals surface area contributed by atoms with Crippen molar-refractivity contribution >= 4 is 50.3 Å². The van der Waals surface area contributed by atoms with Crippen LogP contribution in [0, 0.1) is 3.57 Å². The summed E-state index contributed by atoms with van der Waals surface area (Å²) in [6, 6.07) is 20.1. The minimum atomic E-state index is -0.437. The summed E-state index contributed by atoms with van der Waals surface area (Å²) in [5.74, 6) is 0.461. The minimum absolute atomic E-state index is 0.381. The first-order valence-corrected chi connectivity index (χ1v) is 11.3. The maximum absolute atomic E-state index is 12.4. The molecule has 6 nitrogen and oxygen atoms in total. The average molecular weight is 595 g/mol. The molecule has 3 aromatic rings. The molecule has 160 valence electrons. The van der Waals surface area contributed by atoms with Crippen LogP contribution in [0.25, 0.3) is 0 Å². The second kappa shape index (κ2) is 11.1. The molecule has 0 aliphatic carbocycles. The number of hydrazine groups is 1. The summed E-state index contributed by atoms with van der Waals surface area (Å²) < 4.78 is 12.4. The fourth-order valence-corrected chi connectivity index (χ4v) is 3.98. The highest BCUT2D eigenvalue weighted by atomic mass is 127. The molecule has 0 atom stereocenters. The third-order valence-electron chi connectivity index (χ3n) is 4.39. The predicted molar refractivity (Wildman–Crippen MR) is 130 cm³/mol. The maximum atomic E-state index is 12.4. The van der Waals surface area contributed by atoms with Crippen LogP contribution in [0.2, 0.25) is 0 Å². The second-order valence-electron chi connectivity index (χ2n) is 6.49. The molecule has 0 aromatic heterocycles. The van der Waals surface area contributed by atoms with Gasteiger partial charge in [-0.25, -0.2) is 0 Å². The Labute approximate surface area is 202 Å². The largest absolute Gasteiger partial charge is 0.496 e. The van der Waals surface area contributed by atoms with Gasteiger partial charge in [0.05, 0.1) is 21.8 Å². The van der Waals surface area contributed by atoms with E-state index in [1.54, 1.807) is 43.5 Å². The molecular formula is C23H20BrIN2O4. The van der Waals surface area contributed by atoms with E-state index in [-0.39, 0.29) is 0 Å². The number of nitrogens with one attached hydrogen (secondary N) is 2. The zero-order chi connectivity index (χ0) is 22.2. The quantitative estimate of drug-likeness (QED) is 0.306. The van der Waals surface area contributed by atoms with E-state index in [1.807, 2.05) is 30.3 Å². The van der Waals surface area contributed by atoms with Crippen LogP contribution in [0.1, 0.15) is 26.3 Å². The summed E-state index contributed by atoms with van der Waals surface area (Å²) in [6.07, 6.45) is 0.784. The van der Waals surface area contributed by atoms with Crippen molar-refractivity contribution in [3.05, 3.63) is 91.5 Å². The van der Waals surface area contributed by atoms with E-state index in [0.717, 1.165) is 9.99 Å². The van der Waals surface area contributed by atoms with Crippen LogP contribution in [-0.4, -0.2) is 25.5 Å². The van der Waals surface area contributed by atoms with Gasteiger partial charge < -0.3 is 9.47 Å². The molecule has 0 saturated carbocycles. The average Bonchev–Trinajstić information content (AvgIpc) is 2.79. The van der Waals surface area contributed by atoms with E-state index in [0.29, 0.717) is 33.7 Å². The summed E-state index contributed by atoms with van der Waals surface area (Å²) in [7, 11) is 1.56. The first-order valence-electron chi connectivity index (χ1n) is 9.38. The van der Waals surface area contributed by atoms with Crippen molar-refractivity contribution < 1.29 is 19.1 Å². The molecule has 8 heteroatoms. The summed E-state index contributed by atoms with van der Waals surface area (Å²) in [4.78, 5) is 24.7. The molecular weight excluding hydrogens is 575 g/mol. The molecule has 0 radical (unpaired) electrons. The fourth-order valence-electron chi connectivity index (χ4n) is 2.75. The van der Waals surface area contributed by atoms with Crippen molar-refractivity contribution in [2.75, 3.05) is 13.7 Å². The van der Waals surface area contributed by atoms with Gasteiger partial charge in [-0.05, 0) is 80.5 Å². The summed E-state index contributed by atoms with van der Waals surface area (Å²) in [5.41, 5.74) is 6.83. The van der Waals surface area contributed by atoms with Crippen LogP contribution >= 0.6 is 38.5 Å². The van der Waals surface area contributed by atoms with Crippen LogP contribution in [0.5, 0.6) is 11.5 Å². The number of benzene rings is 3. The zero-order valence-corrected chi connectivity index (χ0v) is 20.4. The van der Waals surface area contributed by atoms with E-state index >= 15 is 0 Å². The molecule has 2 N–H and O–H groups in total. The number of methoxy groups -OCH3 is 1. The molecule has 3 aromatic carbocycles. The Bertz CT molecular complexity index is 1080. The molecule has 0 spiro atoms. The number of carbonyl (C=O) groups excluding carboxylic acids is 2. The first-order chi connectivity index (χ1) is 15.0. The topological polar surface area (TPSA) is 76.7 Å². The van der Waals surface area contributed by atoms with Gasteiger partial charge in [-0.3, -0.25) is 20.4 Å². The molecule has 0 fully saturated rings. The van der Waals surface area contributed by atoms with Crippen LogP contribution < -0.4 is 20.3 Å². The molecule has 0 aliphatic rings. The normalized spacial score (nSPS) is 10.3. The Kier molecular flexibility index (Phi) is 8.30. The van der Waals surface area contributed by atoms with E-state index < -0.39 is 11.8 Å². The molecule has 0 heterocycles. The molecule has 0 unspecified atom stereocenters. The monoisotopic (exact) mass is 594 g/mol. The van der Waals surface area contributed by atoms with Gasteiger partial charge in [0, 0.05) is 17.5 Å². The molecule has 0 saturated heterocycles. The lowest BCUT2D eigenvalue weighted by molar-refractivity contribution is 0.0846. The lowest BCUT2D eigenvalue weighted by Gasteiger charge is -2.11. The van der Waals surface area contributed by atoms with Gasteiger partial charge in [-0.15, -0.1) is 0 Å². The van der Waals surface area contributed by atoms with Gasteiger partial charge >= 0.3 is 0 Å². The summed E-state index contributed by atoms with van der Waals surface area (Å²) >= 11 is 5.52. The zero-order valence-electron chi connectivity index (χ0n) is 16.7. The van der Waals surface area contributed by atoms with Crippen LogP contribution in [0.4, 0.5) is 0 Å². The van der Waals surface area contributed by atoms with E-state index in [4.69, 9.17) is 9.47 Å². The van der Waals surface area contributed by atoms with Crippen LogP contribution in [-0.2, 0) is 6.42 Å². The highest BCUT2D eigenvalue weighted by Crippen LogP contribution is 2.26. The number of ether oxygens (including phenoxy) is 2. The van der Waals surface area contributed by atoms with Gasteiger partial charge in [-0.2, -0.15) is 0 Å². The Morgan fingerprint density at radius 2 is 1.52 bits per heavy atom. The number of amides is 2. The first kappa shape index (κ1) is 23.1. The minimum Gasteiger partial charge on any atom is -0.496 e. The highest BCUT2D eigenvalue weighted by molar-refractivity contribution is 14.1. The van der Waals surface area contributed by atoms with Crippen molar-refractivity contribution in [3.8, 4) is 11.5 Å². The van der Waals surface area contributed by atoms with E-state index in [9.17, 15) is 9.59 Å². The van der Waals surface area contributed by atoms with Crippen molar-refractivity contribution in [1.82, 2.24) is 10.9 Å². The molecule has 31 heavy (non-hydrogen) atoms. The maximum Gasteiger partial charge on any atom is 0.269 e. The number of hydrogen-bond donors (Lipinski definition) is 2. The second-order valence-corrected chi connectivity index (χ2v) is 8.50. The summed E-state index contributed by atoms with van der Waals surface area (Å²) in [6.45, 7) is 0.519.